The van der Waals surface area contributed by atoms with Gasteiger partial charge in [-0.1, -0.05) is 6.07 Å². The number of halogens is 2. The first-order chi connectivity index (χ1) is 9.51. The predicted octanol–water partition coefficient (Wildman–Crippen LogP) is 3.43. The van der Waals surface area contributed by atoms with E-state index in [-0.39, 0.29) is 16.9 Å². The zero-order valence-corrected chi connectivity index (χ0v) is 10.5. The lowest BCUT2D eigenvalue weighted by Crippen LogP contribution is -2.01. The molecule has 0 fully saturated rings. The number of hydrogen-bond donors (Lipinski definition) is 0. The van der Waals surface area contributed by atoms with Crippen molar-refractivity contribution in [2.75, 3.05) is 0 Å². The number of carbonyl (C=O) groups excluding carboxylic acids is 1. The van der Waals surface area contributed by atoms with Crippen LogP contribution in [-0.2, 0) is 4.79 Å². The van der Waals surface area contributed by atoms with Crippen molar-refractivity contribution in [1.29, 1.82) is 5.26 Å². The summed E-state index contributed by atoms with van der Waals surface area (Å²) in [6, 6.07) is 9.36. The highest BCUT2D eigenvalue weighted by atomic mass is 19.1. The minimum atomic E-state index is -0.714. The van der Waals surface area contributed by atoms with Crippen molar-refractivity contribution in [3.63, 3.8) is 0 Å². The lowest BCUT2D eigenvalue weighted by molar-refractivity contribution is -0.131. The summed E-state index contributed by atoms with van der Waals surface area (Å²) in [6.45, 7) is 1.21. The summed E-state index contributed by atoms with van der Waals surface area (Å²) in [5.74, 6) is -1.84. The number of benzene rings is 2. The number of nitriles is 1. The molecule has 0 aliphatic heterocycles. The Hall–Kier alpha value is -2.74. The first-order valence-electron chi connectivity index (χ1n) is 5.69. The SMILES string of the molecule is CC(=O)Oc1ccc(-c2ccc(C#N)c(F)c2)c(F)c1. The lowest BCUT2D eigenvalue weighted by Gasteiger charge is -2.07. The first kappa shape index (κ1) is 13.7. The van der Waals surface area contributed by atoms with Gasteiger partial charge < -0.3 is 4.74 Å². The molecule has 0 saturated carbocycles. The zero-order valence-electron chi connectivity index (χ0n) is 10.5. The van der Waals surface area contributed by atoms with Crippen LogP contribution in [0.15, 0.2) is 36.4 Å². The van der Waals surface area contributed by atoms with E-state index in [4.69, 9.17) is 10.00 Å². The van der Waals surface area contributed by atoms with Gasteiger partial charge in [0.05, 0.1) is 5.56 Å². The van der Waals surface area contributed by atoms with Gasteiger partial charge in [-0.05, 0) is 29.8 Å². The molecule has 0 aliphatic rings. The Morgan fingerprint density at radius 2 is 1.90 bits per heavy atom. The topological polar surface area (TPSA) is 50.1 Å². The van der Waals surface area contributed by atoms with E-state index in [0.717, 1.165) is 12.1 Å². The molecule has 2 aromatic carbocycles. The minimum absolute atomic E-state index is 0.0767. The second kappa shape index (κ2) is 5.49. The van der Waals surface area contributed by atoms with Crippen LogP contribution in [-0.4, -0.2) is 5.97 Å². The molecule has 0 amide bonds. The van der Waals surface area contributed by atoms with Crippen LogP contribution in [0.3, 0.4) is 0 Å². The second-order valence-electron chi connectivity index (χ2n) is 4.04. The normalized spacial score (nSPS) is 9.90. The van der Waals surface area contributed by atoms with E-state index in [1.807, 2.05) is 0 Å². The fraction of sp³-hybridized carbons (Fsp3) is 0.0667. The second-order valence-corrected chi connectivity index (χ2v) is 4.04. The molecular weight excluding hydrogens is 264 g/mol. The van der Waals surface area contributed by atoms with Crippen molar-refractivity contribution in [3.05, 3.63) is 53.6 Å². The number of rotatable bonds is 2. The Labute approximate surface area is 114 Å². The molecule has 0 aromatic heterocycles. The fourth-order valence-corrected chi connectivity index (χ4v) is 1.73. The van der Waals surface area contributed by atoms with E-state index in [2.05, 4.69) is 0 Å². The third-order valence-corrected chi connectivity index (χ3v) is 2.60. The van der Waals surface area contributed by atoms with Crippen molar-refractivity contribution < 1.29 is 18.3 Å². The van der Waals surface area contributed by atoms with Crippen LogP contribution in [0.25, 0.3) is 11.1 Å². The number of esters is 1. The molecule has 0 aliphatic carbocycles. The summed E-state index contributed by atoms with van der Waals surface area (Å²) in [5.41, 5.74) is 0.350. The van der Waals surface area contributed by atoms with Gasteiger partial charge in [0.25, 0.3) is 0 Å². The molecule has 0 spiro atoms. The number of carbonyl (C=O) groups is 1. The van der Waals surface area contributed by atoms with E-state index < -0.39 is 17.6 Å². The highest BCUT2D eigenvalue weighted by Crippen LogP contribution is 2.27. The fourth-order valence-electron chi connectivity index (χ4n) is 1.73. The van der Waals surface area contributed by atoms with Gasteiger partial charge in [-0.15, -0.1) is 0 Å². The first-order valence-corrected chi connectivity index (χ1v) is 5.69. The third-order valence-electron chi connectivity index (χ3n) is 2.60. The van der Waals surface area contributed by atoms with Gasteiger partial charge in [-0.3, -0.25) is 4.79 Å². The molecule has 3 nitrogen and oxygen atoms in total. The average molecular weight is 273 g/mol. The standard InChI is InChI=1S/C15H9F2NO2/c1-9(19)20-12-4-5-13(15(17)7-12)10-2-3-11(8-18)14(16)6-10/h2-7H,1H3. The molecule has 0 atom stereocenters. The van der Waals surface area contributed by atoms with Gasteiger partial charge in [-0.2, -0.15) is 5.26 Å². The Morgan fingerprint density at radius 3 is 2.45 bits per heavy atom. The highest BCUT2D eigenvalue weighted by Gasteiger charge is 2.10. The van der Waals surface area contributed by atoms with Crippen LogP contribution in [0.5, 0.6) is 5.75 Å². The molecular formula is C15H9F2NO2. The summed E-state index contributed by atoms with van der Waals surface area (Å²) in [5, 5.41) is 8.64. The summed E-state index contributed by atoms with van der Waals surface area (Å²) < 4.78 is 32.2. The van der Waals surface area contributed by atoms with Gasteiger partial charge in [0.1, 0.15) is 23.5 Å². The van der Waals surface area contributed by atoms with Crippen LogP contribution in [0.1, 0.15) is 12.5 Å². The van der Waals surface area contributed by atoms with Crippen molar-refractivity contribution >= 4 is 5.97 Å². The van der Waals surface area contributed by atoms with Crippen molar-refractivity contribution in [1.82, 2.24) is 0 Å². The van der Waals surface area contributed by atoms with Crippen LogP contribution in [0.2, 0.25) is 0 Å². The number of ether oxygens (including phenoxy) is 1. The summed E-state index contributed by atoms with van der Waals surface area (Å²) >= 11 is 0. The van der Waals surface area contributed by atoms with Crippen LogP contribution < -0.4 is 4.74 Å². The van der Waals surface area contributed by atoms with E-state index in [1.165, 1.54) is 31.2 Å². The maximum atomic E-state index is 13.9. The molecule has 0 heterocycles. The quantitative estimate of drug-likeness (QED) is 0.622. The number of nitrogens with zero attached hydrogens (tertiary/aromatic N) is 1. The highest BCUT2D eigenvalue weighted by molar-refractivity contribution is 5.71. The lowest BCUT2D eigenvalue weighted by atomic mass is 10.0. The maximum Gasteiger partial charge on any atom is 0.308 e. The Kier molecular flexibility index (Phi) is 3.76. The Bertz CT molecular complexity index is 720. The Balaban J connectivity index is 2.41. The van der Waals surface area contributed by atoms with Crippen molar-refractivity contribution in [3.8, 4) is 22.9 Å². The molecule has 0 radical (unpaired) electrons. The van der Waals surface area contributed by atoms with E-state index >= 15 is 0 Å². The largest absolute Gasteiger partial charge is 0.427 e. The van der Waals surface area contributed by atoms with Gasteiger partial charge in [-0.25, -0.2) is 8.78 Å². The van der Waals surface area contributed by atoms with Gasteiger partial charge in [0.2, 0.25) is 0 Å². The van der Waals surface area contributed by atoms with Crippen LogP contribution in [0.4, 0.5) is 8.78 Å². The molecule has 2 aromatic rings. The monoisotopic (exact) mass is 273 g/mol. The molecule has 0 bridgehead atoms. The summed E-state index contributed by atoms with van der Waals surface area (Å²) in [6.07, 6.45) is 0. The van der Waals surface area contributed by atoms with Crippen LogP contribution in [0, 0.1) is 23.0 Å². The minimum Gasteiger partial charge on any atom is -0.427 e. The average Bonchev–Trinajstić information content (AvgIpc) is 2.38. The summed E-state index contributed by atoms with van der Waals surface area (Å²) in [7, 11) is 0. The molecule has 5 heteroatoms. The third kappa shape index (κ3) is 2.81. The van der Waals surface area contributed by atoms with E-state index in [9.17, 15) is 13.6 Å². The van der Waals surface area contributed by atoms with Crippen LogP contribution >= 0.6 is 0 Å². The van der Waals surface area contributed by atoms with Gasteiger partial charge in [0.15, 0.2) is 0 Å². The molecule has 0 unspecified atom stereocenters. The van der Waals surface area contributed by atoms with E-state index in [0.29, 0.717) is 5.56 Å². The Morgan fingerprint density at radius 1 is 1.15 bits per heavy atom. The molecule has 0 saturated heterocycles. The van der Waals surface area contributed by atoms with Gasteiger partial charge in [0, 0.05) is 18.6 Å². The molecule has 100 valence electrons. The molecule has 20 heavy (non-hydrogen) atoms. The van der Waals surface area contributed by atoms with Gasteiger partial charge >= 0.3 is 5.97 Å². The summed E-state index contributed by atoms with van der Waals surface area (Å²) in [4.78, 5) is 10.8. The number of hydrogen-bond acceptors (Lipinski definition) is 3. The van der Waals surface area contributed by atoms with E-state index in [1.54, 1.807) is 6.07 Å². The zero-order chi connectivity index (χ0) is 14.7. The molecule has 0 N–H and O–H groups in total. The van der Waals surface area contributed by atoms with Crippen molar-refractivity contribution in [2.24, 2.45) is 0 Å². The smallest absolute Gasteiger partial charge is 0.308 e. The van der Waals surface area contributed by atoms with Crippen molar-refractivity contribution in [2.45, 2.75) is 6.92 Å². The maximum absolute atomic E-state index is 13.9. The predicted molar refractivity (Wildman–Crippen MR) is 67.8 cm³/mol. The molecule has 2 rings (SSSR count).